The second-order valence-corrected chi connectivity index (χ2v) is 7.70. The van der Waals surface area contributed by atoms with E-state index in [9.17, 15) is 13.5 Å². The minimum Gasteiger partial charge on any atom is -0.466 e. The Bertz CT molecular complexity index is 833. The van der Waals surface area contributed by atoms with E-state index in [4.69, 9.17) is 4.42 Å². The van der Waals surface area contributed by atoms with Crippen molar-refractivity contribution in [3.05, 3.63) is 58.9 Å². The van der Waals surface area contributed by atoms with Crippen LogP contribution in [0.25, 0.3) is 0 Å². The summed E-state index contributed by atoms with van der Waals surface area (Å²) in [5.74, 6) is 0.272. The van der Waals surface area contributed by atoms with Gasteiger partial charge in [-0.15, -0.1) is 11.3 Å². The van der Waals surface area contributed by atoms with E-state index in [0.29, 0.717) is 4.88 Å². The van der Waals surface area contributed by atoms with Gasteiger partial charge in [-0.2, -0.15) is 5.10 Å². The van der Waals surface area contributed by atoms with Gasteiger partial charge in [-0.05, 0) is 23.6 Å². The summed E-state index contributed by atoms with van der Waals surface area (Å²) >= 11 is 1.32. The Labute approximate surface area is 137 Å². The summed E-state index contributed by atoms with van der Waals surface area (Å²) < 4.78 is 33.8. The van der Waals surface area contributed by atoms with Gasteiger partial charge in [0.2, 0.25) is 10.0 Å². The van der Waals surface area contributed by atoms with Gasteiger partial charge >= 0.3 is 0 Å². The average Bonchev–Trinajstić information content (AvgIpc) is 3.25. The maximum absolute atomic E-state index is 12.3. The Balaban J connectivity index is 1.89. The van der Waals surface area contributed by atoms with Gasteiger partial charge in [0.15, 0.2) is 5.60 Å². The third-order valence-corrected chi connectivity index (χ3v) is 5.74. The highest BCUT2D eigenvalue weighted by atomic mass is 32.2. The quantitative estimate of drug-likeness (QED) is 0.696. The van der Waals surface area contributed by atoms with E-state index in [1.165, 1.54) is 34.7 Å². The minimum absolute atomic E-state index is 0.0352. The summed E-state index contributed by atoms with van der Waals surface area (Å²) in [6, 6.07) is 6.76. The molecule has 0 amide bonds. The number of hydrogen-bond acceptors (Lipinski definition) is 6. The van der Waals surface area contributed by atoms with Crippen molar-refractivity contribution in [2.75, 3.05) is 6.54 Å². The molecule has 1 unspecified atom stereocenters. The molecule has 3 aromatic rings. The number of aryl methyl sites for hydroxylation is 1. The predicted molar refractivity (Wildman–Crippen MR) is 84.4 cm³/mol. The Hall–Kier alpha value is -1.94. The zero-order chi connectivity index (χ0) is 16.5. The monoisotopic (exact) mass is 353 g/mol. The van der Waals surface area contributed by atoms with Crippen molar-refractivity contribution in [3.63, 3.8) is 0 Å². The third kappa shape index (κ3) is 3.08. The molecule has 0 radical (unpaired) electrons. The van der Waals surface area contributed by atoms with Gasteiger partial charge in [-0.25, -0.2) is 13.1 Å². The molecule has 0 spiro atoms. The lowest BCUT2D eigenvalue weighted by atomic mass is 9.99. The first-order valence-electron chi connectivity index (χ1n) is 6.70. The fourth-order valence-corrected chi connectivity index (χ4v) is 4.02. The van der Waals surface area contributed by atoms with E-state index in [-0.39, 0.29) is 17.2 Å². The number of aromatic nitrogens is 2. The molecule has 7 nitrogen and oxygen atoms in total. The fraction of sp³-hybridized carbons (Fsp3) is 0.214. The van der Waals surface area contributed by atoms with E-state index >= 15 is 0 Å². The highest BCUT2D eigenvalue weighted by molar-refractivity contribution is 7.89. The Kier molecular flexibility index (Phi) is 4.11. The lowest BCUT2D eigenvalue weighted by molar-refractivity contribution is 0.0655. The topological polar surface area (TPSA) is 97.4 Å². The van der Waals surface area contributed by atoms with Gasteiger partial charge in [-0.3, -0.25) is 4.68 Å². The van der Waals surface area contributed by atoms with Crippen LogP contribution in [-0.2, 0) is 22.7 Å². The molecular formula is C14H15N3O4S2. The zero-order valence-electron chi connectivity index (χ0n) is 12.2. The standard InChI is InChI=1S/C14H15N3O4S2/c1-17-9-11(8-15-17)23(19,20)16-10-14(18,12-4-2-6-21-12)13-5-3-7-22-13/h2-9,16,18H,10H2,1H3. The van der Waals surface area contributed by atoms with Crippen LogP contribution in [0.1, 0.15) is 10.6 Å². The average molecular weight is 353 g/mol. The molecule has 0 aliphatic rings. The van der Waals surface area contributed by atoms with Crippen LogP contribution in [0.3, 0.4) is 0 Å². The fourth-order valence-electron chi connectivity index (χ4n) is 2.14. The smallest absolute Gasteiger partial charge is 0.243 e. The van der Waals surface area contributed by atoms with Crippen LogP contribution >= 0.6 is 11.3 Å². The molecule has 2 N–H and O–H groups in total. The van der Waals surface area contributed by atoms with Crippen LogP contribution in [-0.4, -0.2) is 29.8 Å². The number of aliphatic hydroxyl groups is 1. The van der Waals surface area contributed by atoms with Crippen LogP contribution < -0.4 is 4.72 Å². The van der Waals surface area contributed by atoms with Gasteiger partial charge < -0.3 is 9.52 Å². The molecule has 0 bridgehead atoms. The molecule has 9 heteroatoms. The molecule has 0 aromatic carbocycles. The first-order valence-corrected chi connectivity index (χ1v) is 9.07. The van der Waals surface area contributed by atoms with Crippen LogP contribution in [0.5, 0.6) is 0 Å². The van der Waals surface area contributed by atoms with Crippen LogP contribution in [0.15, 0.2) is 57.6 Å². The normalized spacial score (nSPS) is 14.7. The van der Waals surface area contributed by atoms with E-state index in [2.05, 4.69) is 9.82 Å². The van der Waals surface area contributed by atoms with Gasteiger partial charge in [-0.1, -0.05) is 6.07 Å². The van der Waals surface area contributed by atoms with Crippen molar-refractivity contribution >= 4 is 21.4 Å². The number of nitrogens with one attached hydrogen (secondary N) is 1. The maximum atomic E-state index is 12.3. The molecule has 23 heavy (non-hydrogen) atoms. The van der Waals surface area contributed by atoms with Gasteiger partial charge in [0.05, 0.1) is 19.0 Å². The van der Waals surface area contributed by atoms with Crippen LogP contribution in [0.4, 0.5) is 0 Å². The summed E-state index contributed by atoms with van der Waals surface area (Å²) in [7, 11) is -2.16. The van der Waals surface area contributed by atoms with E-state index in [1.807, 2.05) is 0 Å². The predicted octanol–water partition coefficient (Wildman–Crippen LogP) is 1.29. The van der Waals surface area contributed by atoms with Crippen molar-refractivity contribution in [1.29, 1.82) is 0 Å². The summed E-state index contributed by atoms with van der Waals surface area (Å²) in [5.41, 5.74) is -1.58. The van der Waals surface area contributed by atoms with Crippen LogP contribution in [0, 0.1) is 0 Å². The zero-order valence-corrected chi connectivity index (χ0v) is 13.8. The Morgan fingerprint density at radius 2 is 2.26 bits per heavy atom. The lowest BCUT2D eigenvalue weighted by Gasteiger charge is -2.25. The SMILES string of the molecule is Cn1cc(S(=O)(=O)NCC(O)(c2ccco2)c2cccs2)cn1. The Morgan fingerprint density at radius 1 is 1.43 bits per heavy atom. The van der Waals surface area contributed by atoms with E-state index in [1.54, 1.807) is 36.7 Å². The van der Waals surface area contributed by atoms with Crippen molar-refractivity contribution in [2.24, 2.45) is 7.05 Å². The molecule has 0 fully saturated rings. The summed E-state index contributed by atoms with van der Waals surface area (Å²) in [6.45, 7) is -0.252. The third-order valence-electron chi connectivity index (χ3n) is 3.37. The Morgan fingerprint density at radius 3 is 2.83 bits per heavy atom. The highest BCUT2D eigenvalue weighted by Crippen LogP contribution is 2.33. The first kappa shape index (κ1) is 15.9. The van der Waals surface area contributed by atoms with Gasteiger partial charge in [0, 0.05) is 18.1 Å². The number of thiophene rings is 1. The maximum Gasteiger partial charge on any atom is 0.243 e. The van der Waals surface area contributed by atoms with E-state index < -0.39 is 15.6 Å². The molecule has 0 aliphatic heterocycles. The number of furan rings is 1. The molecule has 1 atom stereocenters. The van der Waals surface area contributed by atoms with Gasteiger partial charge in [0.25, 0.3) is 0 Å². The number of hydrogen-bond donors (Lipinski definition) is 2. The van der Waals surface area contributed by atoms with E-state index in [0.717, 1.165) is 0 Å². The highest BCUT2D eigenvalue weighted by Gasteiger charge is 2.37. The summed E-state index contributed by atoms with van der Waals surface area (Å²) in [6.07, 6.45) is 4.07. The lowest BCUT2D eigenvalue weighted by Crippen LogP contribution is -2.40. The molecule has 0 saturated carbocycles. The van der Waals surface area contributed by atoms with Crippen molar-refractivity contribution in [2.45, 2.75) is 10.5 Å². The molecule has 3 heterocycles. The molecule has 3 aromatic heterocycles. The van der Waals surface area contributed by atoms with Crippen molar-refractivity contribution in [1.82, 2.24) is 14.5 Å². The van der Waals surface area contributed by atoms with Gasteiger partial charge in [0.1, 0.15) is 10.7 Å². The molecular weight excluding hydrogens is 338 g/mol. The van der Waals surface area contributed by atoms with Crippen molar-refractivity contribution in [3.8, 4) is 0 Å². The number of sulfonamides is 1. The molecule has 122 valence electrons. The second kappa shape index (κ2) is 5.93. The first-order chi connectivity index (χ1) is 10.9. The number of nitrogens with zero attached hydrogens (tertiary/aromatic N) is 2. The van der Waals surface area contributed by atoms with Crippen LogP contribution in [0.2, 0.25) is 0 Å². The largest absolute Gasteiger partial charge is 0.466 e. The molecule has 0 saturated heterocycles. The minimum atomic E-state index is -3.79. The summed E-state index contributed by atoms with van der Waals surface area (Å²) in [5, 5.41) is 16.7. The number of rotatable bonds is 6. The second-order valence-electron chi connectivity index (χ2n) is 4.99. The van der Waals surface area contributed by atoms with Crippen molar-refractivity contribution < 1.29 is 17.9 Å². The summed E-state index contributed by atoms with van der Waals surface area (Å²) in [4.78, 5) is 0.620. The molecule has 3 rings (SSSR count). The molecule has 0 aliphatic carbocycles.